The van der Waals surface area contributed by atoms with Crippen molar-refractivity contribution in [2.24, 2.45) is 0 Å². The van der Waals surface area contributed by atoms with Gasteiger partial charge in [-0.1, -0.05) is 12.2 Å². The fourth-order valence-corrected chi connectivity index (χ4v) is 0.984. The molecular formula is C10H15N3. The summed E-state index contributed by atoms with van der Waals surface area (Å²) >= 11 is 0. The Kier molecular flexibility index (Phi) is 3.31. The lowest BCUT2D eigenvalue weighted by molar-refractivity contribution is 1.21. The fraction of sp³-hybridized carbons (Fsp3) is 0.300. The molecule has 0 amide bonds. The van der Waals surface area contributed by atoms with E-state index < -0.39 is 0 Å². The van der Waals surface area contributed by atoms with Gasteiger partial charge in [-0.25, -0.2) is 4.98 Å². The number of allylic oxidation sites excluding steroid dienone is 1. The molecule has 1 heterocycles. The zero-order chi connectivity index (χ0) is 9.68. The van der Waals surface area contributed by atoms with Crippen molar-refractivity contribution in [3.05, 3.63) is 30.0 Å². The summed E-state index contributed by atoms with van der Waals surface area (Å²) in [5.74, 6) is 0.762. The first-order valence-corrected chi connectivity index (χ1v) is 4.31. The van der Waals surface area contributed by atoms with Crippen LogP contribution in [0, 0.1) is 6.92 Å². The first-order valence-electron chi connectivity index (χ1n) is 4.31. The predicted molar refractivity (Wildman–Crippen MR) is 56.7 cm³/mol. The van der Waals surface area contributed by atoms with Gasteiger partial charge in [0.25, 0.3) is 0 Å². The number of aryl methyl sites for hydroxylation is 1. The molecular weight excluding hydrogens is 162 g/mol. The van der Waals surface area contributed by atoms with Crippen LogP contribution in [0.25, 0.3) is 0 Å². The predicted octanol–water partition coefficient (Wildman–Crippen LogP) is 1.96. The number of aromatic nitrogens is 1. The smallest absolute Gasteiger partial charge is 0.149 e. The molecule has 0 atom stereocenters. The van der Waals surface area contributed by atoms with Crippen LogP contribution in [-0.2, 0) is 0 Å². The molecule has 0 saturated heterocycles. The molecule has 0 saturated carbocycles. The van der Waals surface area contributed by atoms with Crippen molar-refractivity contribution in [2.45, 2.75) is 13.8 Å². The van der Waals surface area contributed by atoms with Crippen LogP contribution in [0.5, 0.6) is 0 Å². The molecule has 3 heteroatoms. The van der Waals surface area contributed by atoms with E-state index in [2.05, 4.69) is 10.3 Å². The number of pyridine rings is 1. The maximum Gasteiger partial charge on any atom is 0.149 e. The first-order chi connectivity index (χ1) is 6.25. The zero-order valence-electron chi connectivity index (χ0n) is 8.04. The van der Waals surface area contributed by atoms with E-state index in [1.807, 2.05) is 32.1 Å². The Morgan fingerprint density at radius 1 is 1.62 bits per heavy atom. The Bertz CT molecular complexity index is 305. The highest BCUT2D eigenvalue weighted by Gasteiger charge is 2.00. The number of anilines is 2. The number of nitrogens with zero attached hydrogens (tertiary/aromatic N) is 1. The highest BCUT2D eigenvalue weighted by Crippen LogP contribution is 2.17. The Balaban J connectivity index is 2.71. The highest BCUT2D eigenvalue weighted by molar-refractivity contribution is 5.64. The molecule has 0 radical (unpaired) electrons. The van der Waals surface area contributed by atoms with Gasteiger partial charge in [0, 0.05) is 12.7 Å². The lowest BCUT2D eigenvalue weighted by atomic mass is 10.2. The van der Waals surface area contributed by atoms with Crippen LogP contribution < -0.4 is 11.1 Å². The van der Waals surface area contributed by atoms with E-state index >= 15 is 0 Å². The standard InChI is InChI=1S/C10H15N3/c1-3-4-6-12-10-9(11)8(2)5-7-13-10/h3-5,7H,6,11H2,1-2H3,(H,12,13)/b4-3+. The van der Waals surface area contributed by atoms with Crippen LogP contribution in [0.4, 0.5) is 11.5 Å². The van der Waals surface area contributed by atoms with Crippen LogP contribution in [0.15, 0.2) is 24.4 Å². The van der Waals surface area contributed by atoms with E-state index in [0.717, 1.165) is 23.6 Å². The average Bonchev–Trinajstić information content (AvgIpc) is 2.13. The van der Waals surface area contributed by atoms with Crippen LogP contribution in [-0.4, -0.2) is 11.5 Å². The molecule has 3 nitrogen and oxygen atoms in total. The molecule has 1 rings (SSSR count). The van der Waals surface area contributed by atoms with E-state index in [0.29, 0.717) is 0 Å². The molecule has 0 spiro atoms. The molecule has 0 aliphatic rings. The summed E-state index contributed by atoms with van der Waals surface area (Å²) in [5, 5.41) is 3.13. The topological polar surface area (TPSA) is 50.9 Å². The van der Waals surface area contributed by atoms with E-state index in [9.17, 15) is 0 Å². The third-order valence-electron chi connectivity index (χ3n) is 1.83. The second kappa shape index (κ2) is 4.50. The molecule has 0 bridgehead atoms. The first kappa shape index (κ1) is 9.58. The summed E-state index contributed by atoms with van der Waals surface area (Å²) in [6.45, 7) is 4.71. The number of nitrogens with one attached hydrogen (secondary N) is 1. The van der Waals surface area contributed by atoms with Crippen LogP contribution in [0.3, 0.4) is 0 Å². The number of nitrogen functional groups attached to an aromatic ring is 1. The SMILES string of the molecule is C/C=C/CNc1nccc(C)c1N. The van der Waals surface area contributed by atoms with Gasteiger partial charge in [-0.2, -0.15) is 0 Å². The van der Waals surface area contributed by atoms with Gasteiger partial charge in [0.2, 0.25) is 0 Å². The van der Waals surface area contributed by atoms with Gasteiger partial charge in [-0.15, -0.1) is 0 Å². The van der Waals surface area contributed by atoms with Crippen molar-refractivity contribution in [1.82, 2.24) is 4.98 Å². The maximum absolute atomic E-state index is 5.82. The van der Waals surface area contributed by atoms with E-state index in [-0.39, 0.29) is 0 Å². The minimum Gasteiger partial charge on any atom is -0.396 e. The lowest BCUT2D eigenvalue weighted by Crippen LogP contribution is -2.05. The minimum atomic E-state index is 0.729. The van der Waals surface area contributed by atoms with Gasteiger partial charge in [0.15, 0.2) is 0 Å². The summed E-state index contributed by atoms with van der Waals surface area (Å²) in [4.78, 5) is 4.14. The molecule has 13 heavy (non-hydrogen) atoms. The van der Waals surface area contributed by atoms with Crippen molar-refractivity contribution in [3.63, 3.8) is 0 Å². The Morgan fingerprint density at radius 2 is 2.38 bits per heavy atom. The molecule has 0 unspecified atom stereocenters. The quantitative estimate of drug-likeness (QED) is 0.694. The second-order valence-corrected chi connectivity index (χ2v) is 2.84. The molecule has 3 N–H and O–H groups in total. The molecule has 0 fully saturated rings. The molecule has 1 aromatic heterocycles. The molecule has 0 aromatic carbocycles. The van der Waals surface area contributed by atoms with Gasteiger partial charge in [-0.05, 0) is 25.5 Å². The second-order valence-electron chi connectivity index (χ2n) is 2.84. The number of hydrogen-bond acceptors (Lipinski definition) is 3. The van der Waals surface area contributed by atoms with Gasteiger partial charge in [-0.3, -0.25) is 0 Å². The van der Waals surface area contributed by atoms with Crippen molar-refractivity contribution in [3.8, 4) is 0 Å². The fourth-order valence-electron chi connectivity index (χ4n) is 0.984. The molecule has 0 aliphatic heterocycles. The van der Waals surface area contributed by atoms with Gasteiger partial charge >= 0.3 is 0 Å². The zero-order valence-corrected chi connectivity index (χ0v) is 8.04. The van der Waals surface area contributed by atoms with Gasteiger partial charge in [0.05, 0.1) is 5.69 Å². The van der Waals surface area contributed by atoms with Crippen molar-refractivity contribution in [1.29, 1.82) is 0 Å². The Hall–Kier alpha value is -1.51. The highest BCUT2D eigenvalue weighted by atomic mass is 15.0. The molecule has 70 valence electrons. The summed E-state index contributed by atoms with van der Waals surface area (Å²) in [6.07, 6.45) is 5.76. The van der Waals surface area contributed by atoms with Crippen LogP contribution >= 0.6 is 0 Å². The van der Waals surface area contributed by atoms with Crippen molar-refractivity contribution < 1.29 is 0 Å². The van der Waals surface area contributed by atoms with Crippen molar-refractivity contribution in [2.75, 3.05) is 17.6 Å². The van der Waals surface area contributed by atoms with Gasteiger partial charge < -0.3 is 11.1 Å². The number of rotatable bonds is 3. The molecule has 0 aliphatic carbocycles. The third-order valence-corrected chi connectivity index (χ3v) is 1.83. The van der Waals surface area contributed by atoms with E-state index in [1.165, 1.54) is 0 Å². The monoisotopic (exact) mass is 177 g/mol. The maximum atomic E-state index is 5.82. The number of hydrogen-bond donors (Lipinski definition) is 2. The van der Waals surface area contributed by atoms with Crippen molar-refractivity contribution >= 4 is 11.5 Å². The third kappa shape index (κ3) is 2.47. The van der Waals surface area contributed by atoms with E-state index in [1.54, 1.807) is 6.20 Å². The average molecular weight is 177 g/mol. The van der Waals surface area contributed by atoms with Crippen LogP contribution in [0.1, 0.15) is 12.5 Å². The Labute approximate surface area is 78.7 Å². The Morgan fingerprint density at radius 3 is 3.08 bits per heavy atom. The largest absolute Gasteiger partial charge is 0.396 e. The molecule has 1 aromatic rings. The van der Waals surface area contributed by atoms with Gasteiger partial charge in [0.1, 0.15) is 5.82 Å². The summed E-state index contributed by atoms with van der Waals surface area (Å²) in [6, 6.07) is 1.90. The van der Waals surface area contributed by atoms with E-state index in [4.69, 9.17) is 5.73 Å². The lowest BCUT2D eigenvalue weighted by Gasteiger charge is -2.07. The summed E-state index contributed by atoms with van der Waals surface area (Å²) in [5.41, 5.74) is 7.60. The summed E-state index contributed by atoms with van der Waals surface area (Å²) in [7, 11) is 0. The normalized spacial score (nSPS) is 10.6. The number of nitrogens with two attached hydrogens (primary N) is 1. The van der Waals surface area contributed by atoms with Crippen LogP contribution in [0.2, 0.25) is 0 Å². The summed E-state index contributed by atoms with van der Waals surface area (Å²) < 4.78 is 0. The minimum absolute atomic E-state index is 0.729.